The second kappa shape index (κ2) is 7.79. The van der Waals surface area contributed by atoms with Crippen LogP contribution in [0.15, 0.2) is 12.4 Å². The average molecular weight is 323 g/mol. The number of aryl methyl sites for hydroxylation is 1. The summed E-state index contributed by atoms with van der Waals surface area (Å²) >= 11 is 0. The van der Waals surface area contributed by atoms with Crippen molar-refractivity contribution in [2.24, 2.45) is 13.0 Å². The van der Waals surface area contributed by atoms with Gasteiger partial charge in [-0.25, -0.2) is 4.79 Å². The van der Waals surface area contributed by atoms with E-state index < -0.39 is 0 Å². The van der Waals surface area contributed by atoms with Gasteiger partial charge in [0, 0.05) is 44.9 Å². The minimum atomic E-state index is -0.268. The molecule has 7 nitrogen and oxygen atoms in total. The van der Waals surface area contributed by atoms with E-state index in [1.807, 2.05) is 33.5 Å². The first kappa shape index (κ1) is 17.7. The van der Waals surface area contributed by atoms with Crippen LogP contribution >= 0.6 is 0 Å². The van der Waals surface area contributed by atoms with Crippen molar-refractivity contribution < 1.29 is 9.90 Å². The van der Waals surface area contributed by atoms with Gasteiger partial charge in [-0.3, -0.25) is 4.68 Å². The number of nitrogens with zero attached hydrogens (tertiary/aromatic N) is 4. The van der Waals surface area contributed by atoms with Crippen LogP contribution < -0.4 is 5.32 Å². The number of rotatable bonds is 6. The van der Waals surface area contributed by atoms with Crippen molar-refractivity contribution in [1.29, 1.82) is 0 Å². The van der Waals surface area contributed by atoms with Crippen molar-refractivity contribution in [2.75, 3.05) is 34.2 Å². The highest BCUT2D eigenvalue weighted by Gasteiger charge is 2.27. The topological polar surface area (TPSA) is 73.6 Å². The minimum absolute atomic E-state index is 0.0816. The predicted molar refractivity (Wildman–Crippen MR) is 89.0 cm³/mol. The number of urea groups is 1. The van der Waals surface area contributed by atoms with Crippen LogP contribution in [0.1, 0.15) is 30.9 Å². The van der Waals surface area contributed by atoms with Gasteiger partial charge in [0.15, 0.2) is 0 Å². The summed E-state index contributed by atoms with van der Waals surface area (Å²) in [5.74, 6) is 0.203. The number of hydrogen-bond donors (Lipinski definition) is 2. The maximum Gasteiger partial charge on any atom is 0.317 e. The van der Waals surface area contributed by atoms with E-state index in [0.29, 0.717) is 13.1 Å². The molecule has 1 aliphatic carbocycles. The third kappa shape index (κ3) is 4.68. The number of carbonyl (C=O) groups excluding carboxylic acids is 1. The van der Waals surface area contributed by atoms with Gasteiger partial charge in [0.25, 0.3) is 0 Å². The van der Waals surface area contributed by atoms with Crippen molar-refractivity contribution in [1.82, 2.24) is 24.9 Å². The zero-order chi connectivity index (χ0) is 17.0. The Labute approximate surface area is 138 Å². The molecular weight excluding hydrogens is 294 g/mol. The van der Waals surface area contributed by atoms with Crippen LogP contribution in [-0.4, -0.2) is 71.1 Å². The molecular formula is C16H29N5O2. The molecule has 1 fully saturated rings. The Hall–Kier alpha value is -1.60. The number of aromatic nitrogens is 2. The largest absolute Gasteiger partial charge is 0.393 e. The van der Waals surface area contributed by atoms with Gasteiger partial charge < -0.3 is 20.2 Å². The molecule has 1 heterocycles. The van der Waals surface area contributed by atoms with Gasteiger partial charge in [0.1, 0.15) is 0 Å². The SMILES string of the molecule is CN(CC1CCCC1O)C(=O)NCC(c1cnn(C)c1)N(C)C. The number of aliphatic hydroxyl groups excluding tert-OH is 1. The van der Waals surface area contributed by atoms with E-state index >= 15 is 0 Å². The maximum absolute atomic E-state index is 12.3. The highest BCUT2D eigenvalue weighted by molar-refractivity contribution is 5.73. The quantitative estimate of drug-likeness (QED) is 0.813. The van der Waals surface area contributed by atoms with Crippen LogP contribution in [0.5, 0.6) is 0 Å². The average Bonchev–Trinajstić information content (AvgIpc) is 3.08. The van der Waals surface area contributed by atoms with Gasteiger partial charge in [0.2, 0.25) is 0 Å². The summed E-state index contributed by atoms with van der Waals surface area (Å²) < 4.78 is 1.77. The molecule has 2 N–H and O–H groups in total. The second-order valence-electron chi connectivity index (χ2n) is 6.75. The Morgan fingerprint density at radius 3 is 2.74 bits per heavy atom. The third-order valence-corrected chi connectivity index (χ3v) is 4.65. The standard InChI is InChI=1S/C16H29N5O2/c1-19(2)14(13-8-18-21(4)11-13)9-17-16(23)20(3)10-12-6-5-7-15(12)22/h8,11-12,14-15,22H,5-7,9-10H2,1-4H3,(H,17,23). The van der Waals surface area contributed by atoms with E-state index in [2.05, 4.69) is 15.3 Å². The Kier molecular flexibility index (Phi) is 6.01. The van der Waals surface area contributed by atoms with Gasteiger partial charge in [0.05, 0.1) is 18.3 Å². The zero-order valence-electron chi connectivity index (χ0n) is 14.6. The van der Waals surface area contributed by atoms with Crippen LogP contribution in [0.25, 0.3) is 0 Å². The molecule has 0 aromatic carbocycles. The molecule has 1 saturated carbocycles. The number of amides is 2. The fourth-order valence-electron chi connectivity index (χ4n) is 3.19. The molecule has 2 amide bonds. The van der Waals surface area contributed by atoms with Gasteiger partial charge in [-0.1, -0.05) is 6.42 Å². The fourth-order valence-corrected chi connectivity index (χ4v) is 3.19. The van der Waals surface area contributed by atoms with Crippen LogP contribution in [0.3, 0.4) is 0 Å². The van der Waals surface area contributed by atoms with Crippen molar-refractivity contribution in [3.05, 3.63) is 18.0 Å². The van der Waals surface area contributed by atoms with Crippen LogP contribution in [-0.2, 0) is 7.05 Å². The molecule has 0 saturated heterocycles. The summed E-state index contributed by atoms with van der Waals surface area (Å²) in [4.78, 5) is 16.0. The molecule has 1 aliphatic rings. The maximum atomic E-state index is 12.3. The normalized spacial score (nSPS) is 22.3. The van der Waals surface area contributed by atoms with Gasteiger partial charge in [-0.2, -0.15) is 5.10 Å². The molecule has 0 spiro atoms. The van der Waals surface area contributed by atoms with Crippen molar-refractivity contribution >= 4 is 6.03 Å². The summed E-state index contributed by atoms with van der Waals surface area (Å²) in [6, 6.07) is -0.0158. The lowest BCUT2D eigenvalue weighted by Gasteiger charge is -2.27. The van der Waals surface area contributed by atoms with Gasteiger partial charge in [-0.05, 0) is 26.9 Å². The first-order chi connectivity index (χ1) is 10.9. The summed E-state index contributed by atoms with van der Waals surface area (Å²) in [5, 5.41) is 17.1. The number of aliphatic hydroxyl groups is 1. The smallest absolute Gasteiger partial charge is 0.317 e. The van der Waals surface area contributed by atoms with Gasteiger partial charge >= 0.3 is 6.03 Å². The Morgan fingerprint density at radius 2 is 2.22 bits per heavy atom. The highest BCUT2D eigenvalue weighted by Crippen LogP contribution is 2.26. The second-order valence-corrected chi connectivity index (χ2v) is 6.75. The molecule has 0 bridgehead atoms. The molecule has 23 heavy (non-hydrogen) atoms. The third-order valence-electron chi connectivity index (χ3n) is 4.65. The molecule has 1 aromatic rings. The predicted octanol–water partition coefficient (Wildman–Crippen LogP) is 0.825. The zero-order valence-corrected chi connectivity index (χ0v) is 14.6. The summed E-state index contributed by atoms with van der Waals surface area (Å²) in [6.45, 7) is 1.13. The highest BCUT2D eigenvalue weighted by atomic mass is 16.3. The van der Waals surface area contributed by atoms with Crippen molar-refractivity contribution in [3.63, 3.8) is 0 Å². The molecule has 2 rings (SSSR count). The number of hydrogen-bond acceptors (Lipinski definition) is 4. The first-order valence-corrected chi connectivity index (χ1v) is 8.20. The fraction of sp³-hybridized carbons (Fsp3) is 0.750. The lowest BCUT2D eigenvalue weighted by atomic mass is 10.1. The number of nitrogens with one attached hydrogen (secondary N) is 1. The molecule has 1 aromatic heterocycles. The summed E-state index contributed by atoms with van der Waals surface area (Å²) in [7, 11) is 7.65. The Morgan fingerprint density at radius 1 is 1.48 bits per heavy atom. The minimum Gasteiger partial charge on any atom is -0.393 e. The molecule has 3 unspecified atom stereocenters. The first-order valence-electron chi connectivity index (χ1n) is 8.20. The number of likely N-dealkylation sites (N-methyl/N-ethyl adjacent to an activating group) is 1. The molecule has 130 valence electrons. The number of carbonyl (C=O) groups is 1. The Bertz CT molecular complexity index is 516. The van der Waals surface area contributed by atoms with Crippen LogP contribution in [0, 0.1) is 5.92 Å². The van der Waals surface area contributed by atoms with E-state index in [-0.39, 0.29) is 24.1 Å². The molecule has 7 heteroatoms. The summed E-state index contributed by atoms with van der Waals surface area (Å²) in [6.07, 6.45) is 6.42. The van der Waals surface area contributed by atoms with Crippen molar-refractivity contribution in [3.8, 4) is 0 Å². The van der Waals surface area contributed by atoms with Gasteiger partial charge in [-0.15, -0.1) is 0 Å². The monoisotopic (exact) mass is 323 g/mol. The van der Waals surface area contributed by atoms with E-state index in [1.165, 1.54) is 0 Å². The van der Waals surface area contributed by atoms with E-state index in [9.17, 15) is 9.90 Å². The lowest BCUT2D eigenvalue weighted by molar-refractivity contribution is 0.113. The lowest BCUT2D eigenvalue weighted by Crippen LogP contribution is -2.43. The van der Waals surface area contributed by atoms with E-state index in [4.69, 9.17) is 0 Å². The molecule has 3 atom stereocenters. The van der Waals surface area contributed by atoms with E-state index in [0.717, 1.165) is 24.8 Å². The van der Waals surface area contributed by atoms with Crippen LogP contribution in [0.4, 0.5) is 4.79 Å². The van der Waals surface area contributed by atoms with E-state index in [1.54, 1.807) is 16.6 Å². The Balaban J connectivity index is 1.86. The van der Waals surface area contributed by atoms with Crippen LogP contribution in [0.2, 0.25) is 0 Å². The van der Waals surface area contributed by atoms with Crippen molar-refractivity contribution in [2.45, 2.75) is 31.4 Å². The molecule has 0 aliphatic heterocycles. The molecule has 0 radical (unpaired) electrons. The summed E-state index contributed by atoms with van der Waals surface area (Å²) in [5.41, 5.74) is 1.08.